The van der Waals surface area contributed by atoms with Crippen molar-refractivity contribution in [2.45, 2.75) is 25.4 Å². The zero-order valence-electron chi connectivity index (χ0n) is 11.3. The molecule has 21 heavy (non-hydrogen) atoms. The fourth-order valence-corrected chi connectivity index (χ4v) is 2.84. The van der Waals surface area contributed by atoms with Crippen LogP contribution in [0.3, 0.4) is 0 Å². The molecule has 0 aliphatic carbocycles. The van der Waals surface area contributed by atoms with Gasteiger partial charge in [-0.05, 0) is 6.42 Å². The summed E-state index contributed by atoms with van der Waals surface area (Å²) in [6, 6.07) is 2.21. The van der Waals surface area contributed by atoms with E-state index in [0.717, 1.165) is 18.6 Å². The average Bonchev–Trinajstić information content (AvgIpc) is 2.38. The molecular weight excluding hydrogens is 319 g/mol. The zero-order valence-corrected chi connectivity index (χ0v) is 12.8. The van der Waals surface area contributed by atoms with Crippen molar-refractivity contribution in [3.63, 3.8) is 0 Å². The second-order valence-corrected chi connectivity index (χ2v) is 5.97. The van der Waals surface area contributed by atoms with Crippen molar-refractivity contribution in [3.05, 3.63) is 37.9 Å². The first-order chi connectivity index (χ1) is 9.77. The van der Waals surface area contributed by atoms with Gasteiger partial charge in [0.05, 0.1) is 39.2 Å². The Bertz CT molecular complexity index is 600. The van der Waals surface area contributed by atoms with Gasteiger partial charge in [-0.2, -0.15) is 0 Å². The molecular formula is C13H14Cl2N2O4. The summed E-state index contributed by atoms with van der Waals surface area (Å²) in [5.74, 6) is -0.466. The minimum atomic E-state index is -0.874. The number of nitro groups is 1. The van der Waals surface area contributed by atoms with E-state index in [0.29, 0.717) is 6.42 Å². The maximum absolute atomic E-state index is 12.3. The molecule has 1 heterocycles. The van der Waals surface area contributed by atoms with Crippen LogP contribution in [-0.4, -0.2) is 39.5 Å². The summed E-state index contributed by atoms with van der Waals surface area (Å²) >= 11 is 11.8. The smallest absolute Gasteiger partial charge is 0.271 e. The first kappa shape index (κ1) is 16.0. The minimum absolute atomic E-state index is 0.0156. The number of rotatable bonds is 4. The largest absolute Gasteiger partial charge is 0.386 e. The second-order valence-electron chi connectivity index (χ2n) is 5.18. The van der Waals surface area contributed by atoms with Crippen LogP contribution in [0.25, 0.3) is 0 Å². The number of halogens is 2. The van der Waals surface area contributed by atoms with Crippen LogP contribution in [0.15, 0.2) is 12.1 Å². The van der Waals surface area contributed by atoms with Crippen LogP contribution in [0.4, 0.5) is 5.69 Å². The van der Waals surface area contributed by atoms with Gasteiger partial charge in [0.25, 0.3) is 11.6 Å². The summed E-state index contributed by atoms with van der Waals surface area (Å²) in [6.07, 6.45) is 1.40. The van der Waals surface area contributed by atoms with Crippen LogP contribution >= 0.6 is 23.2 Å². The maximum Gasteiger partial charge on any atom is 0.271 e. The molecule has 6 nitrogen and oxygen atoms in total. The van der Waals surface area contributed by atoms with Crippen LogP contribution in [0, 0.1) is 10.1 Å². The van der Waals surface area contributed by atoms with Gasteiger partial charge in [-0.15, -0.1) is 0 Å². The molecule has 114 valence electrons. The fourth-order valence-electron chi connectivity index (χ4n) is 2.44. The number of benzene rings is 1. The number of carbonyl (C=O) groups is 1. The summed E-state index contributed by atoms with van der Waals surface area (Å²) in [6.45, 7) is 2.33. The SMILES string of the molecule is CCCC1(O)CN(C(=O)c2cc([N+](=O)[O-])cc(Cl)c2Cl)C1. The van der Waals surface area contributed by atoms with Crippen molar-refractivity contribution in [1.82, 2.24) is 4.90 Å². The molecule has 0 spiro atoms. The third-order valence-corrected chi connectivity index (χ3v) is 4.23. The van der Waals surface area contributed by atoms with E-state index in [1.54, 1.807) is 0 Å². The number of amides is 1. The monoisotopic (exact) mass is 332 g/mol. The Balaban J connectivity index is 2.23. The number of non-ortho nitro benzene ring substituents is 1. The van der Waals surface area contributed by atoms with Gasteiger partial charge < -0.3 is 10.0 Å². The van der Waals surface area contributed by atoms with E-state index >= 15 is 0 Å². The molecule has 1 N–H and O–H groups in total. The molecule has 1 aromatic carbocycles. The molecule has 1 aromatic rings. The number of hydrogen-bond acceptors (Lipinski definition) is 4. The average molecular weight is 333 g/mol. The molecule has 0 saturated carbocycles. The van der Waals surface area contributed by atoms with Crippen molar-refractivity contribution < 1.29 is 14.8 Å². The van der Waals surface area contributed by atoms with Crippen molar-refractivity contribution >= 4 is 34.8 Å². The van der Waals surface area contributed by atoms with E-state index in [2.05, 4.69) is 0 Å². The summed E-state index contributed by atoms with van der Waals surface area (Å²) in [5, 5.41) is 20.8. The summed E-state index contributed by atoms with van der Waals surface area (Å²) < 4.78 is 0. The van der Waals surface area contributed by atoms with Gasteiger partial charge in [0.15, 0.2) is 0 Å². The van der Waals surface area contributed by atoms with Crippen molar-refractivity contribution in [1.29, 1.82) is 0 Å². The highest BCUT2D eigenvalue weighted by atomic mass is 35.5. The lowest BCUT2D eigenvalue weighted by Crippen LogP contribution is -2.63. The van der Waals surface area contributed by atoms with Crippen LogP contribution in [0.1, 0.15) is 30.1 Å². The zero-order chi connectivity index (χ0) is 15.8. The lowest BCUT2D eigenvalue weighted by atomic mass is 9.88. The molecule has 0 radical (unpaired) electrons. The van der Waals surface area contributed by atoms with Gasteiger partial charge in [-0.25, -0.2) is 0 Å². The Morgan fingerprint density at radius 2 is 2.10 bits per heavy atom. The molecule has 1 aliphatic rings. The standard InChI is InChI=1S/C13H14Cl2N2O4/c1-2-3-13(19)6-16(7-13)12(18)9-4-8(17(20)21)5-10(14)11(9)15/h4-5,19H,2-3,6-7H2,1H3. The van der Waals surface area contributed by atoms with Crippen molar-refractivity contribution in [2.75, 3.05) is 13.1 Å². The topological polar surface area (TPSA) is 83.7 Å². The van der Waals surface area contributed by atoms with E-state index in [9.17, 15) is 20.0 Å². The maximum atomic E-state index is 12.3. The number of aliphatic hydroxyl groups is 1. The first-order valence-corrected chi connectivity index (χ1v) is 7.18. The van der Waals surface area contributed by atoms with Crippen LogP contribution in [-0.2, 0) is 0 Å². The Kier molecular flexibility index (Phi) is 4.41. The third-order valence-electron chi connectivity index (χ3n) is 3.43. The molecule has 0 aromatic heterocycles. The van der Waals surface area contributed by atoms with Crippen molar-refractivity contribution in [3.8, 4) is 0 Å². The van der Waals surface area contributed by atoms with E-state index < -0.39 is 16.4 Å². The molecule has 1 saturated heterocycles. The molecule has 0 bridgehead atoms. The number of nitrogens with zero attached hydrogens (tertiary/aromatic N) is 2. The summed E-state index contributed by atoms with van der Waals surface area (Å²) in [7, 11) is 0. The van der Waals surface area contributed by atoms with Gasteiger partial charge in [0.2, 0.25) is 0 Å². The van der Waals surface area contributed by atoms with E-state index in [1.165, 1.54) is 4.90 Å². The Morgan fingerprint density at radius 3 is 2.62 bits per heavy atom. The number of likely N-dealkylation sites (tertiary alicyclic amines) is 1. The van der Waals surface area contributed by atoms with Crippen LogP contribution in [0.5, 0.6) is 0 Å². The van der Waals surface area contributed by atoms with E-state index in [4.69, 9.17) is 23.2 Å². The predicted octanol–water partition coefficient (Wildman–Crippen LogP) is 2.89. The highest BCUT2D eigenvalue weighted by Gasteiger charge is 2.43. The van der Waals surface area contributed by atoms with Gasteiger partial charge in [0, 0.05) is 12.1 Å². The molecule has 8 heteroatoms. The lowest BCUT2D eigenvalue weighted by Gasteiger charge is -2.46. The highest BCUT2D eigenvalue weighted by Crippen LogP contribution is 2.34. The van der Waals surface area contributed by atoms with Crippen LogP contribution in [0.2, 0.25) is 10.0 Å². The summed E-state index contributed by atoms with van der Waals surface area (Å²) in [4.78, 5) is 23.9. The Labute approximate surface area is 131 Å². The molecule has 1 amide bonds. The predicted molar refractivity (Wildman–Crippen MR) is 78.9 cm³/mol. The lowest BCUT2D eigenvalue weighted by molar-refractivity contribution is -0.384. The van der Waals surface area contributed by atoms with Crippen LogP contribution < -0.4 is 0 Å². The normalized spacial score (nSPS) is 16.5. The van der Waals surface area contributed by atoms with Crippen molar-refractivity contribution in [2.24, 2.45) is 0 Å². The molecule has 1 aliphatic heterocycles. The Hall–Kier alpha value is -1.37. The quantitative estimate of drug-likeness (QED) is 0.678. The highest BCUT2D eigenvalue weighted by molar-refractivity contribution is 6.44. The minimum Gasteiger partial charge on any atom is -0.386 e. The molecule has 1 fully saturated rings. The van der Waals surface area contributed by atoms with Gasteiger partial charge >= 0.3 is 0 Å². The van der Waals surface area contributed by atoms with Gasteiger partial charge in [-0.3, -0.25) is 14.9 Å². The first-order valence-electron chi connectivity index (χ1n) is 6.42. The van der Waals surface area contributed by atoms with Gasteiger partial charge in [0.1, 0.15) is 0 Å². The second kappa shape index (κ2) is 5.79. The molecule has 0 unspecified atom stereocenters. The van der Waals surface area contributed by atoms with E-state index in [-0.39, 0.29) is 34.4 Å². The van der Waals surface area contributed by atoms with E-state index in [1.807, 2.05) is 6.92 Å². The Morgan fingerprint density at radius 1 is 1.48 bits per heavy atom. The number of β-amino-alcohol motifs (C(OH)–C–C–N with tert-alkyl or cyclic N) is 1. The summed E-state index contributed by atoms with van der Waals surface area (Å²) in [5.41, 5.74) is -1.19. The third kappa shape index (κ3) is 3.12. The fraction of sp³-hybridized carbons (Fsp3) is 0.462. The van der Waals surface area contributed by atoms with Gasteiger partial charge in [-0.1, -0.05) is 36.5 Å². The molecule has 2 rings (SSSR count). The number of nitro benzene ring substituents is 1. The number of hydrogen-bond donors (Lipinski definition) is 1. The molecule has 0 atom stereocenters. The number of carbonyl (C=O) groups excluding carboxylic acids is 1.